The van der Waals surface area contributed by atoms with Crippen molar-refractivity contribution in [3.05, 3.63) is 89.0 Å². The van der Waals surface area contributed by atoms with Gasteiger partial charge in [-0.3, -0.25) is 14.8 Å². The molecule has 13 nitrogen and oxygen atoms in total. The summed E-state index contributed by atoms with van der Waals surface area (Å²) in [6.45, 7) is 19.8. The van der Waals surface area contributed by atoms with E-state index in [-0.39, 0.29) is 45.6 Å². The third-order valence-electron chi connectivity index (χ3n) is 13.9. The van der Waals surface area contributed by atoms with Gasteiger partial charge < -0.3 is 24.4 Å². The number of aromatic nitrogens is 4. The summed E-state index contributed by atoms with van der Waals surface area (Å²) in [5.74, 6) is -0.746. The summed E-state index contributed by atoms with van der Waals surface area (Å²) in [6, 6.07) is 17.3. The molecule has 3 aromatic heterocycles. The molecule has 5 aromatic rings. The number of fused-ring (bicyclic) bond motifs is 2. The number of anilines is 2. The van der Waals surface area contributed by atoms with Crippen LogP contribution in [0.2, 0.25) is 0 Å². The summed E-state index contributed by atoms with van der Waals surface area (Å²) in [7, 11) is 1.77. The number of hydrogen-bond acceptors (Lipinski definition) is 11. The van der Waals surface area contributed by atoms with Crippen molar-refractivity contribution in [3.63, 3.8) is 0 Å². The number of carbonyl (C=O) groups is 3. The van der Waals surface area contributed by atoms with Crippen LogP contribution in [-0.2, 0) is 27.2 Å². The number of carbonyl (C=O) groups excluding carboxylic acids is 3. The Morgan fingerprint density at radius 3 is 2.32 bits per heavy atom. The van der Waals surface area contributed by atoms with E-state index < -0.39 is 17.2 Å². The van der Waals surface area contributed by atoms with Crippen LogP contribution in [0.15, 0.2) is 60.8 Å². The van der Waals surface area contributed by atoms with Crippen molar-refractivity contribution in [1.29, 1.82) is 0 Å². The summed E-state index contributed by atoms with van der Waals surface area (Å²) in [5.41, 5.74) is 5.18. The van der Waals surface area contributed by atoms with Gasteiger partial charge in [0.25, 0.3) is 5.91 Å². The van der Waals surface area contributed by atoms with Gasteiger partial charge in [0.2, 0.25) is 0 Å². The third kappa shape index (κ3) is 9.32. The van der Waals surface area contributed by atoms with Crippen LogP contribution in [0.1, 0.15) is 144 Å². The minimum absolute atomic E-state index is 0.0352. The quantitative estimate of drug-likeness (QED) is 0.123. The number of esters is 1. The minimum Gasteiger partial charge on any atom is -0.455 e. The van der Waals surface area contributed by atoms with Crippen molar-refractivity contribution < 1.29 is 28.6 Å². The highest BCUT2D eigenvalue weighted by Crippen LogP contribution is 2.72. The maximum atomic E-state index is 14.2. The zero-order valence-electron chi connectivity index (χ0n) is 40.2. The van der Waals surface area contributed by atoms with Crippen molar-refractivity contribution in [1.82, 2.24) is 24.6 Å². The predicted octanol–water partition coefficient (Wildman–Crippen LogP) is 11.2. The second-order valence-corrected chi connectivity index (χ2v) is 23.6. The highest BCUT2D eigenvalue weighted by Gasteiger charge is 2.66. The molecule has 5 aliphatic rings. The van der Waals surface area contributed by atoms with E-state index in [1.807, 2.05) is 102 Å². The summed E-state index contributed by atoms with van der Waals surface area (Å²) < 4.78 is 21.7. The molecule has 4 aliphatic carbocycles. The molecule has 2 N–H and O–H groups in total. The molecule has 4 fully saturated rings. The number of pyridine rings is 1. The number of rotatable bonds is 11. The van der Waals surface area contributed by atoms with E-state index in [9.17, 15) is 14.4 Å². The molecule has 0 radical (unpaired) electrons. The van der Waals surface area contributed by atoms with Crippen LogP contribution in [0.3, 0.4) is 0 Å². The largest absolute Gasteiger partial charge is 0.455 e. The van der Waals surface area contributed by atoms with Crippen LogP contribution in [0.4, 0.5) is 15.6 Å². The molecule has 0 spiro atoms. The molecule has 3 atom stereocenters. The molecule has 4 saturated carbocycles. The van der Waals surface area contributed by atoms with Crippen LogP contribution in [0, 0.1) is 23.2 Å². The summed E-state index contributed by atoms with van der Waals surface area (Å²) in [6.07, 6.45) is 9.27. The second kappa shape index (κ2) is 16.5. The van der Waals surface area contributed by atoms with E-state index >= 15 is 0 Å². The number of amides is 2. The van der Waals surface area contributed by atoms with Gasteiger partial charge in [-0.2, -0.15) is 5.10 Å². The molecule has 2 amide bonds. The number of ether oxygens (including phenoxy) is 3. The summed E-state index contributed by atoms with van der Waals surface area (Å²) >= 11 is 1.44. The van der Waals surface area contributed by atoms with Gasteiger partial charge in [-0.1, -0.05) is 49.4 Å². The summed E-state index contributed by atoms with van der Waals surface area (Å²) in [5, 5.41) is 12.2. The molecule has 4 bridgehead atoms. The fourth-order valence-electron chi connectivity index (χ4n) is 12.6. The van der Waals surface area contributed by atoms with Gasteiger partial charge in [0.15, 0.2) is 10.8 Å². The molecule has 66 heavy (non-hydrogen) atoms. The maximum absolute atomic E-state index is 14.2. The Hall–Kier alpha value is -5.34. The number of nitrogens with zero attached hydrogens (tertiary/aromatic N) is 5. The molecule has 4 heterocycles. The minimum atomic E-state index is -0.743. The van der Waals surface area contributed by atoms with Crippen molar-refractivity contribution >= 4 is 50.3 Å². The van der Waals surface area contributed by atoms with Crippen LogP contribution in [0.5, 0.6) is 0 Å². The predicted molar refractivity (Wildman–Crippen MR) is 258 cm³/mol. The number of para-hydroxylation sites is 2. The summed E-state index contributed by atoms with van der Waals surface area (Å²) in [4.78, 5) is 52.0. The molecule has 1 aliphatic heterocycles. The zero-order valence-corrected chi connectivity index (χ0v) is 41.0. The van der Waals surface area contributed by atoms with Crippen molar-refractivity contribution in [2.45, 2.75) is 143 Å². The lowest BCUT2D eigenvalue weighted by Crippen LogP contribution is -2.64. The molecule has 14 heteroatoms. The SMILES string of the molecule is Cc1c(-c2ccc(C3CCc4cccc(C(=O)Nc5nc6ccccc6s5)c4N3)nc2C(=O)OC(C)(C)C)cnn1CC12CC3(C)CC(C)(C1)CC(OCCN(C)C(=O)OC(C)(C)C)(C3)C2. The lowest BCUT2D eigenvalue weighted by Gasteiger charge is -2.69. The Kier molecular flexibility index (Phi) is 11.4. The van der Waals surface area contributed by atoms with Crippen LogP contribution >= 0.6 is 11.3 Å². The number of aryl methyl sites for hydroxylation is 1. The first-order valence-electron chi connectivity index (χ1n) is 23.4. The molecular formula is C52H65N7O6S. The van der Waals surface area contributed by atoms with Gasteiger partial charge in [-0.15, -0.1) is 0 Å². The Bertz CT molecular complexity index is 2660. The lowest BCUT2D eigenvalue weighted by atomic mass is 9.39. The van der Waals surface area contributed by atoms with E-state index in [1.54, 1.807) is 11.9 Å². The highest BCUT2D eigenvalue weighted by molar-refractivity contribution is 7.22. The number of thiazole rings is 1. The van der Waals surface area contributed by atoms with E-state index in [2.05, 4.69) is 41.1 Å². The first kappa shape index (κ1) is 45.8. The average Bonchev–Trinajstić information content (AvgIpc) is 3.78. The van der Waals surface area contributed by atoms with Gasteiger partial charge in [0.1, 0.15) is 11.2 Å². The Morgan fingerprint density at radius 1 is 0.879 bits per heavy atom. The van der Waals surface area contributed by atoms with Crippen molar-refractivity contribution in [2.75, 3.05) is 30.8 Å². The van der Waals surface area contributed by atoms with Gasteiger partial charge in [-0.05, 0) is 152 Å². The maximum Gasteiger partial charge on any atom is 0.410 e. The monoisotopic (exact) mass is 915 g/mol. The van der Waals surface area contributed by atoms with Gasteiger partial charge in [0.05, 0.1) is 51.6 Å². The Morgan fingerprint density at radius 2 is 1.61 bits per heavy atom. The van der Waals surface area contributed by atoms with Gasteiger partial charge in [0, 0.05) is 37.0 Å². The molecule has 2 aromatic carbocycles. The first-order chi connectivity index (χ1) is 31.0. The van der Waals surface area contributed by atoms with E-state index in [0.717, 1.165) is 84.2 Å². The number of likely N-dealkylation sites (N-methyl/N-ethyl adjacent to an activating group) is 1. The molecule has 0 saturated heterocycles. The van der Waals surface area contributed by atoms with E-state index in [0.29, 0.717) is 35.1 Å². The average molecular weight is 916 g/mol. The van der Waals surface area contributed by atoms with E-state index in [4.69, 9.17) is 24.3 Å². The molecule has 3 unspecified atom stereocenters. The molecule has 350 valence electrons. The Labute approximate surface area is 392 Å². The van der Waals surface area contributed by atoms with Gasteiger partial charge in [-0.25, -0.2) is 19.6 Å². The second-order valence-electron chi connectivity index (χ2n) is 22.6. The van der Waals surface area contributed by atoms with Crippen LogP contribution < -0.4 is 10.6 Å². The first-order valence-corrected chi connectivity index (χ1v) is 24.2. The van der Waals surface area contributed by atoms with E-state index in [1.165, 1.54) is 17.8 Å². The fourth-order valence-corrected chi connectivity index (χ4v) is 13.4. The zero-order chi connectivity index (χ0) is 47.0. The normalized spacial score (nSPS) is 25.6. The number of nitrogens with one attached hydrogen (secondary N) is 2. The smallest absolute Gasteiger partial charge is 0.410 e. The number of hydrogen-bond donors (Lipinski definition) is 2. The van der Waals surface area contributed by atoms with Crippen LogP contribution in [-0.4, -0.2) is 79.6 Å². The van der Waals surface area contributed by atoms with Crippen molar-refractivity contribution in [3.8, 4) is 11.1 Å². The third-order valence-corrected chi connectivity index (χ3v) is 14.8. The Balaban J connectivity index is 0.964. The molecular weight excluding hydrogens is 851 g/mol. The topological polar surface area (TPSA) is 150 Å². The molecule has 10 rings (SSSR count). The van der Waals surface area contributed by atoms with Crippen molar-refractivity contribution in [2.24, 2.45) is 16.2 Å². The fraction of sp³-hybridized carbons (Fsp3) is 0.538. The number of benzene rings is 2. The standard InChI is InChI=1S/C52H65N7O6S/c1-32-36(24-53-59(32)31-51-26-49(8)25-50(9,27-51)29-52(28-49,30-51)63-23-22-58(10)46(62)65-48(5,6)7)34-19-21-38(55-42(34)44(61)64-47(2,3)4)37-20-18-33-14-13-15-35(41(33)54-37)43(60)57-45-56-39-16-11-12-17-40(39)66-45/h11-17,19,21,24,37,54H,18,20,22-23,25-31H2,1-10H3,(H,56,57,60). The van der Waals surface area contributed by atoms with Crippen LogP contribution in [0.25, 0.3) is 21.3 Å². The highest BCUT2D eigenvalue weighted by atomic mass is 32.1. The van der Waals surface area contributed by atoms with Gasteiger partial charge >= 0.3 is 12.1 Å². The lowest BCUT2D eigenvalue weighted by molar-refractivity contribution is -0.248.